The molecule has 3 saturated heterocycles. The molecule has 0 radical (unpaired) electrons. The van der Waals surface area contributed by atoms with Gasteiger partial charge in [0.05, 0.1) is 122 Å². The molecule has 0 bridgehead atoms. The van der Waals surface area contributed by atoms with Crippen molar-refractivity contribution in [2.75, 3.05) is 110 Å². The Morgan fingerprint density at radius 1 is 0.421 bits per heavy atom. The van der Waals surface area contributed by atoms with Gasteiger partial charge in [-0.1, -0.05) is 119 Å². The fourth-order valence-corrected chi connectivity index (χ4v) is 18.5. The first-order chi connectivity index (χ1) is 66.1. The lowest BCUT2D eigenvalue weighted by molar-refractivity contribution is -0.142. The molecule has 3 aliphatic rings. The largest absolute Gasteiger partial charge is 0.422 e. The van der Waals surface area contributed by atoms with Crippen molar-refractivity contribution < 1.29 is 67.1 Å². The van der Waals surface area contributed by atoms with Crippen molar-refractivity contribution in [2.45, 2.75) is 99.6 Å². The predicted octanol–water partition coefficient (Wildman–Crippen LogP) is 19.0. The summed E-state index contributed by atoms with van der Waals surface area (Å²) >= 11 is 32.6. The zero-order chi connectivity index (χ0) is 103. The normalized spacial score (nSPS) is 13.5. The van der Waals surface area contributed by atoms with Gasteiger partial charge < -0.3 is 46.6 Å². The number of nitriles is 3. The molecular weight excluding hydrogens is 1950 g/mol. The third-order valence-corrected chi connectivity index (χ3v) is 25.8. The number of halogens is 17. The lowest BCUT2D eigenvalue weighted by Crippen LogP contribution is -2.49. The van der Waals surface area contributed by atoms with Crippen molar-refractivity contribution >= 4 is 143 Å². The molecule has 0 aliphatic carbocycles. The number of hydrogen-bond donors (Lipinski definition) is 3. The Labute approximate surface area is 815 Å². The monoisotopic (exact) mass is 2030 g/mol. The van der Waals surface area contributed by atoms with Crippen molar-refractivity contribution in [2.24, 2.45) is 0 Å². The number of rotatable bonds is 16. The van der Waals surface area contributed by atoms with Crippen molar-refractivity contribution in [3.8, 4) is 69.0 Å². The second kappa shape index (κ2) is 40.6. The van der Waals surface area contributed by atoms with Crippen LogP contribution in [0.5, 0.6) is 0 Å². The van der Waals surface area contributed by atoms with Gasteiger partial charge in [-0.3, -0.25) is 57.4 Å². The number of nitrogen functional groups attached to an aromatic ring is 3. The summed E-state index contributed by atoms with van der Waals surface area (Å²) in [6.07, 6.45) is -1.18. The molecule has 0 unspecified atom stereocenters. The molecule has 0 saturated carbocycles. The second-order valence-electron chi connectivity index (χ2n) is 33.5. The quantitative estimate of drug-likeness (QED) is 0.0266. The van der Waals surface area contributed by atoms with Crippen LogP contribution >= 0.6 is 58.0 Å². The fourth-order valence-electron chi connectivity index (χ4n) is 17.3. The van der Waals surface area contributed by atoms with Gasteiger partial charge in [-0.25, -0.2) is 54.5 Å². The van der Waals surface area contributed by atoms with E-state index in [1.165, 1.54) is 45.0 Å². The predicted molar refractivity (Wildman–Crippen MR) is 512 cm³/mol. The van der Waals surface area contributed by atoms with E-state index >= 15 is 8.78 Å². The smallest absolute Gasteiger partial charge is 0.397 e. The first-order valence-corrected chi connectivity index (χ1v) is 44.7. The Bertz CT molecular complexity index is 7570. The van der Waals surface area contributed by atoms with Crippen LogP contribution in [-0.2, 0) is 20.6 Å². The van der Waals surface area contributed by atoms with Crippen molar-refractivity contribution in [1.29, 1.82) is 15.8 Å². The molecule has 0 atom stereocenters. The summed E-state index contributed by atoms with van der Waals surface area (Å²) in [5.41, 5.74) is 8.62. The number of pyridine rings is 9. The summed E-state index contributed by atoms with van der Waals surface area (Å²) in [5, 5.41) is 30.2. The number of carbonyl (C=O) groups excluding carboxylic acids is 3. The molecule has 6 N–H and O–H groups in total. The average Bonchev–Trinajstić information content (AvgIpc) is 0.723. The average molecular weight is 2030 g/mol. The van der Waals surface area contributed by atoms with Crippen LogP contribution in [-0.4, -0.2) is 155 Å². The van der Waals surface area contributed by atoms with Gasteiger partial charge in [0, 0.05) is 119 Å². The van der Waals surface area contributed by atoms with Crippen LogP contribution < -0.4 is 48.6 Å². The van der Waals surface area contributed by atoms with E-state index in [1.54, 1.807) is 79.8 Å². The molecule has 3 aliphatic heterocycles. The third-order valence-electron chi connectivity index (χ3n) is 24.1. The van der Waals surface area contributed by atoms with Crippen LogP contribution in [0.3, 0.4) is 0 Å². The van der Waals surface area contributed by atoms with Gasteiger partial charge in [-0.05, 0) is 122 Å². The summed E-state index contributed by atoms with van der Waals surface area (Å²) in [7, 11) is 0. The van der Waals surface area contributed by atoms with Crippen LogP contribution in [0.4, 0.5) is 86.8 Å². The lowest BCUT2D eigenvalue weighted by atomic mass is 10.00. The molecule has 3 aromatic carbocycles. The van der Waals surface area contributed by atoms with Gasteiger partial charge in [-0.15, -0.1) is 0 Å². The van der Waals surface area contributed by atoms with Crippen LogP contribution in [0.25, 0.3) is 83.9 Å². The fraction of sp³-hybridized carbons (Fsp3) is 0.281. The molecule has 12 aromatic rings. The maximum atomic E-state index is 15.6. The van der Waals surface area contributed by atoms with Crippen molar-refractivity contribution in [3.63, 3.8) is 0 Å². The van der Waals surface area contributed by atoms with Gasteiger partial charge in [-0.2, -0.15) is 29.0 Å². The number of anilines is 6. The molecule has 140 heavy (non-hydrogen) atoms. The number of benzene rings is 3. The number of nitrogens with zero attached hydrogens (tertiary/aromatic N) is 18. The minimum Gasteiger partial charge on any atom is -0.397 e. The zero-order valence-corrected chi connectivity index (χ0v) is 79.8. The van der Waals surface area contributed by atoms with E-state index < -0.39 is 125 Å². The van der Waals surface area contributed by atoms with Crippen molar-refractivity contribution in [1.82, 2.24) is 58.3 Å². The van der Waals surface area contributed by atoms with Gasteiger partial charge in [0.1, 0.15) is 74.1 Å². The topological polar surface area (TPSA) is 363 Å². The number of alkyl halides is 5. The molecule has 0 spiro atoms. The second-order valence-corrected chi connectivity index (χ2v) is 35.5. The van der Waals surface area contributed by atoms with Gasteiger partial charge in [0.25, 0.3) is 23.1 Å². The molecule has 3 amide bonds. The third kappa shape index (κ3) is 18.2. The lowest BCUT2D eigenvalue weighted by Gasteiger charge is -2.36. The molecule has 15 rings (SSSR count). The molecule has 44 heteroatoms. The number of amides is 3. The number of aryl methyl sites for hydroxylation is 3. The van der Waals surface area contributed by atoms with Crippen LogP contribution in [0.15, 0.2) is 107 Å². The number of nitrogens with two attached hydrogens (primary N) is 3. The first kappa shape index (κ1) is 103. The van der Waals surface area contributed by atoms with E-state index in [9.17, 15) is 88.5 Å². The van der Waals surface area contributed by atoms with Crippen molar-refractivity contribution in [3.05, 3.63) is 257 Å². The maximum absolute atomic E-state index is 15.6. The Morgan fingerprint density at radius 3 is 0.993 bits per heavy atom. The van der Waals surface area contributed by atoms with Gasteiger partial charge in [0.2, 0.25) is 17.7 Å². The van der Waals surface area contributed by atoms with Gasteiger partial charge in [0.15, 0.2) is 29.1 Å². The zero-order valence-electron chi connectivity index (χ0n) is 76.0. The number of hydrogen-bond acceptors (Lipinski definition) is 21. The van der Waals surface area contributed by atoms with E-state index in [1.807, 2.05) is 51.7 Å². The molecule has 3 fully saturated rings. The Balaban J connectivity index is 0.000000177. The standard InChI is InChI=1S/C32H29Cl3FN7O2.C32H26ClF6N7O2.C32H27ClF5N7O2/c1-6-21(44)41-9-11-42(12-10-41)30-18-13-20(33)28(22-17(5)23(34)25(36)24(35)26(22)38)40-31(18)43(32(45)19(30)14-37)29-16(4)7-8-39-27(29)15(2)3;1-5-19(47)44-8-10-45(11-9-44)29-16-12-18(33)27(20-22(34)21(32(37,38)39)23(35)24(36)25(20)41)43-30(16)46(31(48)17(29)13-40)28-15(4)6-7-42-26(28)14(2)3;1-5-19(46)43-8-10-44(11-9-43)29-16-12-18(33)27(21-22(34)20(30(37)38)23(35)24(36)25(21)40)42-31(16)45(32(47)17(29)13-39)28-15(4)6-7-41-26(28)14(2)3/h6-8,13,15H,1,9-12,38H2,2-5H3;5-7,12,14H,1,8-11,41H2,2-4H3;5-7,12,14,30H,1,8-11,40H2,2-4H3. The van der Waals surface area contributed by atoms with E-state index in [2.05, 4.69) is 50.7 Å². The van der Waals surface area contributed by atoms with Crippen LogP contribution in [0.2, 0.25) is 25.1 Å². The van der Waals surface area contributed by atoms with Crippen LogP contribution in [0, 0.1) is 102 Å². The highest BCUT2D eigenvalue weighted by Gasteiger charge is 2.44. The van der Waals surface area contributed by atoms with E-state index in [0.717, 1.165) is 26.8 Å². The summed E-state index contributed by atoms with van der Waals surface area (Å²) in [6.45, 7) is 31.2. The molecule has 12 heterocycles. The number of fused-ring (bicyclic) bond motifs is 3. The van der Waals surface area contributed by atoms with E-state index in [4.69, 9.17) is 80.2 Å². The van der Waals surface area contributed by atoms with E-state index in [-0.39, 0.29) is 193 Å². The van der Waals surface area contributed by atoms with Crippen LogP contribution in [0.1, 0.15) is 133 Å². The summed E-state index contributed by atoms with van der Waals surface area (Å²) in [4.78, 5) is 117. The number of aromatic nitrogens is 9. The first-order valence-electron chi connectivity index (χ1n) is 42.8. The number of piperazine rings is 3. The Morgan fingerprint density at radius 2 is 0.714 bits per heavy atom. The van der Waals surface area contributed by atoms with E-state index in [0.29, 0.717) is 71.1 Å². The maximum Gasteiger partial charge on any atom is 0.422 e. The highest BCUT2D eigenvalue weighted by Crippen LogP contribution is 2.50. The molecule has 27 nitrogen and oxygen atoms in total. The SMILES string of the molecule is C=CC(=O)N1CCN(c2c(C#N)c(=O)n(-c3c(C)ccnc3C(C)C)c3nc(-c4c(C)c(Cl)c(F)c(Cl)c4N)c(Cl)cc23)CC1.C=CC(=O)N1CCN(c2c(C#N)c(=O)n(-c3c(C)ccnc3C(C)C)c3nc(-c4c(N)c(F)c(F)c(C(F)(F)F)c4F)c(Cl)cc23)CC1.C=CC(=O)N1CCN(c2c(C#N)c(=O)n(-c3c(C)ccnc3C(C)C)c3nc(-c4c(N)c(F)c(F)c(C(F)F)c4F)c(Cl)cc23)CC1. The summed E-state index contributed by atoms with van der Waals surface area (Å²) in [6, 6.07) is 15.0. The molecular formula is C96H82Cl5F12N21O6. The number of carbonyl (C=O) groups is 3. The Kier molecular flexibility index (Phi) is 29.9. The summed E-state index contributed by atoms with van der Waals surface area (Å²) < 4.78 is 177. The highest BCUT2D eigenvalue weighted by molar-refractivity contribution is 6.39. The summed E-state index contributed by atoms with van der Waals surface area (Å²) in [5.74, 6) is -15.3. The highest BCUT2D eigenvalue weighted by atomic mass is 35.5. The van der Waals surface area contributed by atoms with Gasteiger partial charge >= 0.3 is 6.18 Å². The Hall–Kier alpha value is -14.3. The minimum absolute atomic E-state index is 0.0407. The molecule has 9 aromatic heterocycles. The molecule has 726 valence electrons. The minimum atomic E-state index is -5.67.